The third kappa shape index (κ3) is 4.09. The summed E-state index contributed by atoms with van der Waals surface area (Å²) in [6.45, 7) is 5.18. The number of rotatable bonds is 2. The minimum Gasteiger partial charge on any atom is -0.465 e. The van der Waals surface area contributed by atoms with Crippen molar-refractivity contribution in [2.45, 2.75) is 26.9 Å². The zero-order valence-corrected chi connectivity index (χ0v) is 14.5. The molecule has 2 aromatic rings. The molecule has 0 saturated carbocycles. The van der Waals surface area contributed by atoms with Crippen LogP contribution in [0, 0.1) is 18.6 Å². The molecule has 2 N–H and O–H groups in total. The number of ether oxygens (including phenoxy) is 1. The van der Waals surface area contributed by atoms with E-state index in [1.807, 2.05) is 13.8 Å². The van der Waals surface area contributed by atoms with E-state index in [1.54, 1.807) is 0 Å². The maximum Gasteiger partial charge on any atom is 0.417 e. The summed E-state index contributed by atoms with van der Waals surface area (Å²) in [4.78, 5) is 15.0. The Balaban J connectivity index is 0.00000163. The van der Waals surface area contributed by atoms with Gasteiger partial charge in [0.15, 0.2) is 5.82 Å². The highest BCUT2D eigenvalue weighted by Gasteiger charge is 2.37. The number of carbonyl (C=O) groups is 1. The number of hydrogen-bond donors (Lipinski definition) is 1. The molecule has 1 aromatic carbocycles. The molecule has 0 amide bonds. The average Bonchev–Trinajstić information content (AvgIpc) is 2.58. The number of pyridine rings is 1. The third-order valence-corrected chi connectivity index (χ3v) is 3.38. The van der Waals surface area contributed by atoms with Gasteiger partial charge in [0.1, 0.15) is 11.5 Å². The van der Waals surface area contributed by atoms with Crippen molar-refractivity contribution in [3.05, 3.63) is 46.7 Å². The lowest BCUT2D eigenvalue weighted by Crippen LogP contribution is -2.15. The van der Waals surface area contributed by atoms with Crippen LogP contribution in [0.15, 0.2) is 18.3 Å². The predicted octanol–water partition coefficient (Wildman–Crippen LogP) is 4.75. The Kier molecular flexibility index (Phi) is 6.66. The van der Waals surface area contributed by atoms with Gasteiger partial charge in [-0.1, -0.05) is 13.8 Å². The van der Waals surface area contributed by atoms with Crippen LogP contribution in [0.2, 0.25) is 0 Å². The van der Waals surface area contributed by atoms with Gasteiger partial charge in [0.25, 0.3) is 0 Å². The first-order chi connectivity index (χ1) is 12.1. The molecule has 0 aliphatic heterocycles. The number of methoxy groups -OCH3 is 1. The van der Waals surface area contributed by atoms with Gasteiger partial charge >= 0.3 is 12.1 Å². The number of benzene rings is 1. The molecule has 0 bridgehead atoms. The molecule has 1 heterocycles. The maximum absolute atomic E-state index is 13.9. The number of carbonyl (C=O) groups excluding carboxylic acids is 1. The van der Waals surface area contributed by atoms with E-state index in [0.29, 0.717) is 18.3 Å². The van der Waals surface area contributed by atoms with Crippen molar-refractivity contribution in [1.29, 1.82) is 0 Å². The molecule has 0 unspecified atom stereocenters. The molecular formula is C17H17F5N2O2. The Bertz CT molecular complexity index is 820. The van der Waals surface area contributed by atoms with Gasteiger partial charge in [-0.2, -0.15) is 13.2 Å². The van der Waals surface area contributed by atoms with E-state index < -0.39 is 46.2 Å². The number of aromatic nitrogens is 1. The molecule has 0 aliphatic carbocycles. The summed E-state index contributed by atoms with van der Waals surface area (Å²) in [6.07, 6.45) is -4.35. The van der Waals surface area contributed by atoms with Crippen molar-refractivity contribution >= 4 is 11.7 Å². The molecule has 142 valence electrons. The minimum atomic E-state index is -4.93. The number of anilines is 1. The van der Waals surface area contributed by atoms with E-state index in [1.165, 1.54) is 6.92 Å². The lowest BCUT2D eigenvalue weighted by atomic mass is 9.93. The van der Waals surface area contributed by atoms with Crippen LogP contribution in [0.3, 0.4) is 0 Å². The minimum absolute atomic E-state index is 0.219. The standard InChI is InChI=1S/C15H11F5N2O2.C2H6/c1-6-11(13-10(17)3-7(16)5-22-13)9(15(18,19)20)4-8(12(6)21)14(23)24-2;1-2/h3-5H,21H2,1-2H3;1-2H3. The van der Waals surface area contributed by atoms with Crippen molar-refractivity contribution in [3.8, 4) is 11.3 Å². The molecule has 9 heteroatoms. The van der Waals surface area contributed by atoms with Crippen molar-refractivity contribution in [2.24, 2.45) is 0 Å². The van der Waals surface area contributed by atoms with E-state index in [9.17, 15) is 26.7 Å². The van der Waals surface area contributed by atoms with Crippen LogP contribution in [0.1, 0.15) is 35.3 Å². The topological polar surface area (TPSA) is 65.2 Å². The van der Waals surface area contributed by atoms with E-state index in [0.717, 1.165) is 7.11 Å². The lowest BCUT2D eigenvalue weighted by Gasteiger charge is -2.19. The summed E-state index contributed by atoms with van der Waals surface area (Å²) in [5, 5.41) is 0. The van der Waals surface area contributed by atoms with Gasteiger partial charge < -0.3 is 10.5 Å². The molecular weight excluding hydrogens is 359 g/mol. The van der Waals surface area contributed by atoms with Gasteiger partial charge in [-0.25, -0.2) is 13.6 Å². The summed E-state index contributed by atoms with van der Waals surface area (Å²) in [7, 11) is 0.986. The van der Waals surface area contributed by atoms with Crippen LogP contribution < -0.4 is 5.73 Å². The van der Waals surface area contributed by atoms with Gasteiger partial charge in [0.05, 0.1) is 24.4 Å². The van der Waals surface area contributed by atoms with E-state index >= 15 is 0 Å². The van der Waals surface area contributed by atoms with Gasteiger partial charge in [-0.3, -0.25) is 4.98 Å². The smallest absolute Gasteiger partial charge is 0.417 e. The van der Waals surface area contributed by atoms with Crippen LogP contribution in [-0.4, -0.2) is 18.1 Å². The normalized spacial score (nSPS) is 10.8. The lowest BCUT2D eigenvalue weighted by molar-refractivity contribution is -0.137. The zero-order valence-electron chi connectivity index (χ0n) is 14.5. The molecule has 26 heavy (non-hydrogen) atoms. The zero-order chi connectivity index (χ0) is 20.2. The number of nitrogen functional groups attached to an aromatic ring is 1. The quantitative estimate of drug-likeness (QED) is 0.467. The fraction of sp³-hybridized carbons (Fsp3) is 0.294. The van der Waals surface area contributed by atoms with Crippen molar-refractivity contribution in [1.82, 2.24) is 4.98 Å². The number of nitrogens with two attached hydrogens (primary N) is 1. The first kappa shape index (κ1) is 21.3. The number of nitrogens with zero attached hydrogens (tertiary/aromatic N) is 1. The van der Waals surface area contributed by atoms with Crippen LogP contribution >= 0.6 is 0 Å². The Morgan fingerprint density at radius 1 is 1.19 bits per heavy atom. The van der Waals surface area contributed by atoms with Crippen LogP contribution in [0.4, 0.5) is 27.6 Å². The van der Waals surface area contributed by atoms with Crippen molar-refractivity contribution < 1.29 is 31.5 Å². The molecule has 0 radical (unpaired) electrons. The van der Waals surface area contributed by atoms with Crippen LogP contribution in [0.5, 0.6) is 0 Å². The summed E-state index contributed by atoms with van der Waals surface area (Å²) in [5.74, 6) is -3.39. The number of esters is 1. The predicted molar refractivity (Wildman–Crippen MR) is 86.4 cm³/mol. The van der Waals surface area contributed by atoms with Gasteiger partial charge in [0, 0.05) is 17.3 Å². The second kappa shape index (κ2) is 8.11. The van der Waals surface area contributed by atoms with Crippen molar-refractivity contribution in [3.63, 3.8) is 0 Å². The fourth-order valence-corrected chi connectivity index (χ4v) is 2.24. The Hall–Kier alpha value is -2.71. The average molecular weight is 376 g/mol. The van der Waals surface area contributed by atoms with Gasteiger partial charge in [-0.15, -0.1) is 0 Å². The third-order valence-electron chi connectivity index (χ3n) is 3.38. The van der Waals surface area contributed by atoms with Gasteiger partial charge in [-0.05, 0) is 18.6 Å². The summed E-state index contributed by atoms with van der Waals surface area (Å²) < 4.78 is 71.5. The van der Waals surface area contributed by atoms with E-state index in [4.69, 9.17) is 5.73 Å². The molecule has 0 spiro atoms. The van der Waals surface area contributed by atoms with Gasteiger partial charge in [0.2, 0.25) is 0 Å². The van der Waals surface area contributed by atoms with Crippen molar-refractivity contribution in [2.75, 3.05) is 12.8 Å². The highest BCUT2D eigenvalue weighted by atomic mass is 19.4. The van der Waals surface area contributed by atoms with Crippen LogP contribution in [-0.2, 0) is 10.9 Å². The number of hydrogen-bond acceptors (Lipinski definition) is 4. The second-order valence-corrected chi connectivity index (χ2v) is 4.86. The Morgan fingerprint density at radius 3 is 2.23 bits per heavy atom. The Morgan fingerprint density at radius 2 is 1.77 bits per heavy atom. The highest BCUT2D eigenvalue weighted by Crippen LogP contribution is 2.42. The molecule has 0 atom stereocenters. The maximum atomic E-state index is 13.9. The Labute approximate surface area is 146 Å². The molecule has 0 aliphatic rings. The molecule has 0 fully saturated rings. The molecule has 2 rings (SSSR count). The largest absolute Gasteiger partial charge is 0.465 e. The molecule has 4 nitrogen and oxygen atoms in total. The highest BCUT2D eigenvalue weighted by molar-refractivity contribution is 5.98. The monoisotopic (exact) mass is 376 g/mol. The summed E-state index contributed by atoms with van der Waals surface area (Å²) in [5.41, 5.74) is 1.96. The second-order valence-electron chi connectivity index (χ2n) is 4.86. The fourth-order valence-electron chi connectivity index (χ4n) is 2.24. The van der Waals surface area contributed by atoms with E-state index in [-0.39, 0.29) is 11.3 Å². The van der Waals surface area contributed by atoms with E-state index in [2.05, 4.69) is 9.72 Å². The summed E-state index contributed by atoms with van der Waals surface area (Å²) in [6, 6.07) is 0.875. The number of alkyl halides is 3. The van der Waals surface area contributed by atoms with Crippen LogP contribution in [0.25, 0.3) is 11.3 Å². The molecule has 1 aromatic heterocycles. The first-order valence-electron chi connectivity index (χ1n) is 7.48. The first-order valence-corrected chi connectivity index (χ1v) is 7.48. The summed E-state index contributed by atoms with van der Waals surface area (Å²) >= 11 is 0. The number of halogens is 5. The molecule has 0 saturated heterocycles. The SMILES string of the molecule is CC.COC(=O)c1cc(C(F)(F)F)c(-c2ncc(F)cc2F)c(C)c1N.